The number of carboxylic acids is 1. The minimum Gasteiger partial charge on any atom is -0.492 e. The van der Waals surface area contributed by atoms with E-state index in [1.54, 1.807) is 11.8 Å². The van der Waals surface area contributed by atoms with Gasteiger partial charge in [-0.05, 0) is 55.5 Å². The number of likely N-dealkylation sites (tertiary alicyclic amines) is 1. The SMILES string of the molecule is CC(=O)O.COc1c(OS(=O)(=O)c2cccc(C(F)(F)F)c2)cc(C)cc1C1CCN(C(=N)N)CC1. The molecule has 0 saturated carbocycles. The van der Waals surface area contributed by atoms with Crippen LogP contribution in [0.4, 0.5) is 13.2 Å². The van der Waals surface area contributed by atoms with Gasteiger partial charge in [-0.2, -0.15) is 21.6 Å². The van der Waals surface area contributed by atoms with Gasteiger partial charge in [-0.15, -0.1) is 0 Å². The molecule has 1 fully saturated rings. The third kappa shape index (κ3) is 7.51. The maximum atomic E-state index is 13.0. The number of rotatable bonds is 5. The molecule has 2 aromatic carbocycles. The molecule has 3 rings (SSSR count). The summed E-state index contributed by atoms with van der Waals surface area (Å²) >= 11 is 0. The van der Waals surface area contributed by atoms with E-state index >= 15 is 0 Å². The van der Waals surface area contributed by atoms with Crippen molar-refractivity contribution in [2.75, 3.05) is 20.2 Å². The zero-order valence-corrected chi connectivity index (χ0v) is 20.7. The van der Waals surface area contributed by atoms with Gasteiger partial charge in [-0.1, -0.05) is 12.1 Å². The summed E-state index contributed by atoms with van der Waals surface area (Å²) in [6.45, 7) is 3.98. The van der Waals surface area contributed by atoms with Crippen LogP contribution >= 0.6 is 0 Å². The third-order valence-corrected chi connectivity index (χ3v) is 6.59. The van der Waals surface area contributed by atoms with Crippen molar-refractivity contribution < 1.29 is 40.4 Å². The van der Waals surface area contributed by atoms with Crippen LogP contribution < -0.4 is 14.7 Å². The fourth-order valence-electron chi connectivity index (χ4n) is 3.78. The fraction of sp³-hybridized carbons (Fsp3) is 0.391. The van der Waals surface area contributed by atoms with Gasteiger partial charge in [-0.3, -0.25) is 10.2 Å². The molecule has 4 N–H and O–H groups in total. The average Bonchev–Trinajstić information content (AvgIpc) is 2.77. The number of alkyl halides is 3. The number of halogens is 3. The molecule has 0 bridgehead atoms. The lowest BCUT2D eigenvalue weighted by Gasteiger charge is -2.33. The number of guanidine groups is 1. The number of nitrogens with zero attached hydrogens (tertiary/aromatic N) is 1. The number of carbonyl (C=O) groups is 1. The molecule has 0 radical (unpaired) electrons. The smallest absolute Gasteiger partial charge is 0.416 e. The number of hydrogen-bond acceptors (Lipinski definition) is 6. The molecule has 9 nitrogen and oxygen atoms in total. The highest BCUT2D eigenvalue weighted by atomic mass is 32.2. The Morgan fingerprint density at radius 1 is 1.19 bits per heavy atom. The van der Waals surface area contributed by atoms with Crippen molar-refractivity contribution in [3.63, 3.8) is 0 Å². The maximum absolute atomic E-state index is 13.0. The summed E-state index contributed by atoms with van der Waals surface area (Å²) in [7, 11) is -3.17. The molecular formula is C23H28F3N3O6S. The maximum Gasteiger partial charge on any atom is 0.416 e. The molecular weight excluding hydrogens is 503 g/mol. The molecule has 1 aliphatic rings. The number of nitrogens with one attached hydrogen (secondary N) is 1. The molecule has 36 heavy (non-hydrogen) atoms. The van der Waals surface area contributed by atoms with E-state index in [1.807, 2.05) is 6.07 Å². The normalized spacial score (nSPS) is 14.4. The molecule has 0 aliphatic carbocycles. The minimum atomic E-state index is -4.69. The Morgan fingerprint density at radius 2 is 1.78 bits per heavy atom. The average molecular weight is 532 g/mol. The first-order valence-electron chi connectivity index (χ1n) is 10.7. The largest absolute Gasteiger partial charge is 0.492 e. The van der Waals surface area contributed by atoms with Gasteiger partial charge in [0.15, 0.2) is 17.5 Å². The van der Waals surface area contributed by atoms with Crippen molar-refractivity contribution in [2.45, 2.75) is 43.7 Å². The second-order valence-corrected chi connectivity index (χ2v) is 9.66. The first kappa shape index (κ1) is 28.8. The van der Waals surface area contributed by atoms with Crippen molar-refractivity contribution in [1.29, 1.82) is 5.41 Å². The standard InChI is InChI=1S/C21H24F3N3O4S.C2H4O2/c1-13-10-17(14-6-8-27(9-7-14)20(25)26)19(30-2)18(11-13)31-32(28,29)16-5-3-4-15(12-16)21(22,23)24;1-2(3)4/h3-5,10-12,14H,6-9H2,1-2H3,(H3,25,26);1H3,(H,3,4). The van der Waals surface area contributed by atoms with Crippen LogP contribution in [0.15, 0.2) is 41.3 Å². The molecule has 198 valence electrons. The van der Waals surface area contributed by atoms with E-state index in [0.29, 0.717) is 37.6 Å². The molecule has 2 aromatic rings. The summed E-state index contributed by atoms with van der Waals surface area (Å²) in [6.07, 6.45) is -3.35. The summed E-state index contributed by atoms with van der Waals surface area (Å²) in [6, 6.07) is 6.73. The van der Waals surface area contributed by atoms with E-state index in [2.05, 4.69) is 0 Å². The van der Waals surface area contributed by atoms with Crippen molar-refractivity contribution >= 4 is 22.0 Å². The fourth-order valence-corrected chi connectivity index (χ4v) is 4.75. The highest BCUT2D eigenvalue weighted by Gasteiger charge is 2.33. The predicted molar refractivity (Wildman–Crippen MR) is 126 cm³/mol. The number of aliphatic carboxylic acids is 1. The number of piperidine rings is 1. The van der Waals surface area contributed by atoms with Crippen LogP contribution in [-0.4, -0.2) is 50.6 Å². The predicted octanol–water partition coefficient (Wildman–Crippen LogP) is 3.95. The lowest BCUT2D eigenvalue weighted by molar-refractivity contribution is -0.138. The molecule has 0 atom stereocenters. The van der Waals surface area contributed by atoms with Gasteiger partial charge in [0.2, 0.25) is 0 Å². The van der Waals surface area contributed by atoms with Gasteiger partial charge in [0.1, 0.15) is 4.90 Å². The molecule has 0 aromatic heterocycles. The van der Waals surface area contributed by atoms with Crippen molar-refractivity contribution in [3.8, 4) is 11.5 Å². The lowest BCUT2D eigenvalue weighted by Crippen LogP contribution is -2.41. The Morgan fingerprint density at radius 3 is 2.28 bits per heavy atom. The second kappa shape index (κ2) is 11.5. The molecule has 1 aliphatic heterocycles. The van der Waals surface area contributed by atoms with E-state index in [4.69, 9.17) is 30.0 Å². The number of carboxylic acid groups (broad SMARTS) is 1. The topological polar surface area (TPSA) is 143 Å². The van der Waals surface area contributed by atoms with E-state index in [-0.39, 0.29) is 23.4 Å². The van der Waals surface area contributed by atoms with Crippen LogP contribution in [0.3, 0.4) is 0 Å². The summed E-state index contributed by atoms with van der Waals surface area (Å²) in [5.41, 5.74) is 5.91. The van der Waals surface area contributed by atoms with E-state index in [9.17, 15) is 21.6 Å². The second-order valence-electron chi connectivity index (χ2n) is 8.11. The zero-order chi connectivity index (χ0) is 27.3. The van der Waals surface area contributed by atoms with Gasteiger partial charge in [0.25, 0.3) is 5.97 Å². The summed E-state index contributed by atoms with van der Waals surface area (Å²) in [5.74, 6) is -0.698. The molecule has 1 heterocycles. The van der Waals surface area contributed by atoms with Gasteiger partial charge in [0.05, 0.1) is 12.7 Å². The summed E-state index contributed by atoms with van der Waals surface area (Å²) in [4.78, 5) is 10.1. The monoisotopic (exact) mass is 531 g/mol. The van der Waals surface area contributed by atoms with E-state index in [0.717, 1.165) is 30.7 Å². The Labute approximate surface area is 207 Å². The molecule has 1 saturated heterocycles. The molecule has 0 unspecified atom stereocenters. The number of benzene rings is 2. The Hall–Kier alpha value is -3.48. The molecule has 13 heteroatoms. The number of hydrogen-bond donors (Lipinski definition) is 3. The van der Waals surface area contributed by atoms with Crippen LogP contribution in [0.1, 0.15) is 42.4 Å². The zero-order valence-electron chi connectivity index (χ0n) is 19.9. The minimum absolute atomic E-state index is 0.00383. The van der Waals surface area contributed by atoms with Crippen LogP contribution in [-0.2, 0) is 21.1 Å². The summed E-state index contributed by atoms with van der Waals surface area (Å²) < 4.78 is 75.3. The highest BCUT2D eigenvalue weighted by molar-refractivity contribution is 7.87. The van der Waals surface area contributed by atoms with E-state index < -0.39 is 32.7 Å². The number of ether oxygens (including phenoxy) is 1. The van der Waals surface area contributed by atoms with E-state index in [1.165, 1.54) is 13.2 Å². The number of aryl methyl sites for hydroxylation is 1. The van der Waals surface area contributed by atoms with Crippen molar-refractivity contribution in [2.24, 2.45) is 5.73 Å². The van der Waals surface area contributed by atoms with Gasteiger partial charge >= 0.3 is 16.3 Å². The first-order valence-corrected chi connectivity index (χ1v) is 12.1. The van der Waals surface area contributed by atoms with Crippen LogP contribution in [0, 0.1) is 12.3 Å². The van der Waals surface area contributed by atoms with Crippen LogP contribution in [0.2, 0.25) is 0 Å². The van der Waals surface area contributed by atoms with Crippen LogP contribution in [0.5, 0.6) is 11.5 Å². The molecule has 0 amide bonds. The third-order valence-electron chi connectivity index (χ3n) is 5.36. The molecule has 0 spiro atoms. The summed E-state index contributed by atoms with van der Waals surface area (Å²) in [5, 5.41) is 15.0. The first-order chi connectivity index (χ1) is 16.7. The quantitative estimate of drug-likeness (QED) is 0.299. The van der Waals surface area contributed by atoms with Gasteiger partial charge < -0.3 is 24.7 Å². The Kier molecular flexibility index (Phi) is 9.19. The Balaban J connectivity index is 0.00000106. The highest BCUT2D eigenvalue weighted by Crippen LogP contribution is 2.42. The van der Waals surface area contributed by atoms with Crippen molar-refractivity contribution in [1.82, 2.24) is 4.90 Å². The number of nitrogens with two attached hydrogens (primary N) is 1. The number of methoxy groups -OCH3 is 1. The van der Waals surface area contributed by atoms with Gasteiger partial charge in [0, 0.05) is 25.6 Å². The van der Waals surface area contributed by atoms with Gasteiger partial charge in [-0.25, -0.2) is 0 Å². The van der Waals surface area contributed by atoms with Crippen LogP contribution in [0.25, 0.3) is 0 Å². The Bertz CT molecular complexity index is 1210. The lowest BCUT2D eigenvalue weighted by atomic mass is 9.88. The van der Waals surface area contributed by atoms with Crippen molar-refractivity contribution in [3.05, 3.63) is 53.1 Å².